The van der Waals surface area contributed by atoms with Gasteiger partial charge in [0.2, 0.25) is 0 Å². The summed E-state index contributed by atoms with van der Waals surface area (Å²) in [5.41, 5.74) is 2.96. The van der Waals surface area contributed by atoms with Crippen LogP contribution in [0.1, 0.15) is 61.4 Å². The predicted octanol–water partition coefficient (Wildman–Crippen LogP) is 4.07. The van der Waals surface area contributed by atoms with E-state index in [4.69, 9.17) is 5.11 Å². The van der Waals surface area contributed by atoms with Crippen molar-refractivity contribution in [3.8, 4) is 0 Å². The Morgan fingerprint density at radius 2 is 1.81 bits per heavy atom. The summed E-state index contributed by atoms with van der Waals surface area (Å²) in [5, 5.41) is 16.3. The zero-order valence-electron chi connectivity index (χ0n) is 15.8. The SMILES string of the molecule is CCC(CC)n1nc(C(=O)Nc2ccc(CC(C)C(=O)O)cc2)cc1C. The lowest BCUT2D eigenvalue weighted by Gasteiger charge is -2.14. The van der Waals surface area contributed by atoms with Gasteiger partial charge in [-0.05, 0) is 49.9 Å². The van der Waals surface area contributed by atoms with E-state index in [1.807, 2.05) is 23.7 Å². The number of aryl methyl sites for hydroxylation is 1. The molecule has 0 fully saturated rings. The van der Waals surface area contributed by atoms with Crippen LogP contribution in [-0.4, -0.2) is 26.8 Å². The highest BCUT2D eigenvalue weighted by Crippen LogP contribution is 2.19. The number of aliphatic carboxylic acids is 1. The number of rotatable bonds is 8. The van der Waals surface area contributed by atoms with E-state index in [2.05, 4.69) is 24.3 Å². The van der Waals surface area contributed by atoms with Crippen LogP contribution in [0, 0.1) is 12.8 Å². The van der Waals surface area contributed by atoms with E-state index in [1.54, 1.807) is 25.1 Å². The molecule has 1 heterocycles. The zero-order chi connectivity index (χ0) is 19.3. The van der Waals surface area contributed by atoms with Crippen molar-refractivity contribution in [1.82, 2.24) is 9.78 Å². The minimum Gasteiger partial charge on any atom is -0.481 e. The molecular weight excluding hydrogens is 330 g/mol. The van der Waals surface area contributed by atoms with E-state index in [0.29, 0.717) is 23.8 Å². The van der Waals surface area contributed by atoms with Crippen LogP contribution in [0.3, 0.4) is 0 Å². The number of anilines is 1. The molecule has 140 valence electrons. The number of nitrogens with zero attached hydrogens (tertiary/aromatic N) is 2. The molecule has 1 aromatic carbocycles. The molecule has 0 aliphatic rings. The molecule has 26 heavy (non-hydrogen) atoms. The number of hydrogen-bond donors (Lipinski definition) is 2. The third-order valence-electron chi connectivity index (χ3n) is 4.62. The van der Waals surface area contributed by atoms with Gasteiger partial charge in [-0.1, -0.05) is 32.9 Å². The second-order valence-corrected chi connectivity index (χ2v) is 6.68. The molecule has 0 bridgehead atoms. The van der Waals surface area contributed by atoms with Crippen molar-refractivity contribution in [1.29, 1.82) is 0 Å². The third kappa shape index (κ3) is 4.71. The van der Waals surface area contributed by atoms with Crippen LogP contribution < -0.4 is 5.32 Å². The van der Waals surface area contributed by atoms with Gasteiger partial charge in [-0.15, -0.1) is 0 Å². The van der Waals surface area contributed by atoms with Gasteiger partial charge in [0.1, 0.15) is 0 Å². The summed E-state index contributed by atoms with van der Waals surface area (Å²) < 4.78 is 1.92. The Balaban J connectivity index is 2.06. The van der Waals surface area contributed by atoms with Gasteiger partial charge in [-0.2, -0.15) is 5.10 Å². The minimum atomic E-state index is -0.814. The molecule has 1 unspecified atom stereocenters. The molecule has 1 atom stereocenters. The van der Waals surface area contributed by atoms with Gasteiger partial charge in [-0.3, -0.25) is 14.3 Å². The molecule has 0 aliphatic carbocycles. The molecule has 0 saturated heterocycles. The van der Waals surface area contributed by atoms with Gasteiger partial charge >= 0.3 is 5.97 Å². The van der Waals surface area contributed by atoms with Crippen LogP contribution in [0.25, 0.3) is 0 Å². The lowest BCUT2D eigenvalue weighted by atomic mass is 10.0. The molecule has 1 amide bonds. The standard InChI is InChI=1S/C20H27N3O3/c1-5-17(6-2)23-14(4)12-18(22-23)19(24)21-16-9-7-15(8-10-16)11-13(3)20(25)26/h7-10,12-13,17H,5-6,11H2,1-4H3,(H,21,24)(H,25,26). The Kier molecular flexibility index (Phi) is 6.55. The van der Waals surface area contributed by atoms with Crippen molar-refractivity contribution in [3.63, 3.8) is 0 Å². The van der Waals surface area contributed by atoms with E-state index in [9.17, 15) is 9.59 Å². The van der Waals surface area contributed by atoms with Gasteiger partial charge in [-0.25, -0.2) is 0 Å². The Morgan fingerprint density at radius 1 is 1.19 bits per heavy atom. The second-order valence-electron chi connectivity index (χ2n) is 6.68. The molecule has 0 radical (unpaired) electrons. The summed E-state index contributed by atoms with van der Waals surface area (Å²) in [5.74, 6) is -1.50. The molecule has 0 aliphatic heterocycles. The largest absolute Gasteiger partial charge is 0.481 e. The molecule has 2 N–H and O–H groups in total. The summed E-state index contributed by atoms with van der Waals surface area (Å²) in [7, 11) is 0. The van der Waals surface area contributed by atoms with Crippen LogP contribution in [-0.2, 0) is 11.2 Å². The van der Waals surface area contributed by atoms with Crippen molar-refractivity contribution in [3.05, 3.63) is 47.3 Å². The number of aromatic nitrogens is 2. The Morgan fingerprint density at radius 3 is 2.35 bits per heavy atom. The molecule has 0 spiro atoms. The normalized spacial score (nSPS) is 12.2. The fourth-order valence-corrected chi connectivity index (χ4v) is 2.96. The Labute approximate surface area is 154 Å². The van der Waals surface area contributed by atoms with Crippen molar-refractivity contribution >= 4 is 17.6 Å². The van der Waals surface area contributed by atoms with E-state index in [1.165, 1.54) is 0 Å². The number of carboxylic acids is 1. The summed E-state index contributed by atoms with van der Waals surface area (Å²) >= 11 is 0. The first-order chi connectivity index (χ1) is 12.3. The lowest BCUT2D eigenvalue weighted by Crippen LogP contribution is -2.15. The van der Waals surface area contributed by atoms with Gasteiger partial charge in [0.05, 0.1) is 12.0 Å². The van der Waals surface area contributed by atoms with Crippen LogP contribution in [0.5, 0.6) is 0 Å². The third-order valence-corrected chi connectivity index (χ3v) is 4.62. The Hall–Kier alpha value is -2.63. The summed E-state index contributed by atoms with van der Waals surface area (Å²) in [6.45, 7) is 7.86. The van der Waals surface area contributed by atoms with Crippen molar-refractivity contribution in [2.75, 3.05) is 5.32 Å². The number of nitrogens with one attached hydrogen (secondary N) is 1. The number of amides is 1. The number of benzene rings is 1. The monoisotopic (exact) mass is 357 g/mol. The second kappa shape index (κ2) is 8.65. The smallest absolute Gasteiger partial charge is 0.306 e. The van der Waals surface area contributed by atoms with Gasteiger partial charge in [0.15, 0.2) is 5.69 Å². The molecular formula is C20H27N3O3. The highest BCUT2D eigenvalue weighted by atomic mass is 16.4. The quantitative estimate of drug-likeness (QED) is 0.746. The number of hydrogen-bond acceptors (Lipinski definition) is 3. The number of carbonyl (C=O) groups excluding carboxylic acids is 1. The van der Waals surface area contributed by atoms with Gasteiger partial charge in [0, 0.05) is 11.4 Å². The zero-order valence-corrected chi connectivity index (χ0v) is 15.8. The van der Waals surface area contributed by atoms with E-state index in [-0.39, 0.29) is 5.91 Å². The maximum absolute atomic E-state index is 12.5. The van der Waals surface area contributed by atoms with E-state index >= 15 is 0 Å². The molecule has 6 heteroatoms. The fourth-order valence-electron chi connectivity index (χ4n) is 2.96. The highest BCUT2D eigenvalue weighted by molar-refractivity contribution is 6.02. The van der Waals surface area contributed by atoms with Crippen LogP contribution >= 0.6 is 0 Å². The summed E-state index contributed by atoms with van der Waals surface area (Å²) in [6, 6.07) is 9.34. The van der Waals surface area contributed by atoms with Crippen molar-refractivity contribution in [2.24, 2.45) is 5.92 Å². The van der Waals surface area contributed by atoms with Gasteiger partial charge in [0.25, 0.3) is 5.91 Å². The first kappa shape index (κ1) is 19.7. The van der Waals surface area contributed by atoms with Crippen LogP contribution in [0.15, 0.2) is 30.3 Å². The first-order valence-corrected chi connectivity index (χ1v) is 9.04. The molecule has 2 rings (SSSR count). The number of carbonyl (C=O) groups is 2. The fraction of sp³-hybridized carbons (Fsp3) is 0.450. The number of carboxylic acid groups (broad SMARTS) is 1. The van der Waals surface area contributed by atoms with Gasteiger partial charge < -0.3 is 10.4 Å². The average Bonchev–Trinajstić information content (AvgIpc) is 2.99. The predicted molar refractivity (Wildman–Crippen MR) is 101 cm³/mol. The summed E-state index contributed by atoms with van der Waals surface area (Å²) in [4.78, 5) is 23.4. The van der Waals surface area contributed by atoms with Crippen molar-refractivity contribution in [2.45, 2.75) is 53.0 Å². The molecule has 2 aromatic rings. The van der Waals surface area contributed by atoms with E-state index < -0.39 is 11.9 Å². The average molecular weight is 357 g/mol. The lowest BCUT2D eigenvalue weighted by molar-refractivity contribution is -0.141. The molecule has 6 nitrogen and oxygen atoms in total. The summed E-state index contributed by atoms with van der Waals surface area (Å²) in [6.07, 6.45) is 2.40. The topological polar surface area (TPSA) is 84.2 Å². The van der Waals surface area contributed by atoms with Crippen molar-refractivity contribution < 1.29 is 14.7 Å². The maximum Gasteiger partial charge on any atom is 0.306 e. The first-order valence-electron chi connectivity index (χ1n) is 9.04. The highest BCUT2D eigenvalue weighted by Gasteiger charge is 2.17. The van der Waals surface area contributed by atoms with E-state index in [0.717, 1.165) is 24.1 Å². The maximum atomic E-state index is 12.5. The van der Waals surface area contributed by atoms with Crippen LogP contribution in [0.4, 0.5) is 5.69 Å². The Bertz CT molecular complexity index is 761. The minimum absolute atomic E-state index is 0.246. The molecule has 1 aromatic heterocycles. The molecule has 0 saturated carbocycles. The van der Waals surface area contributed by atoms with Crippen LogP contribution in [0.2, 0.25) is 0 Å².